The monoisotopic (exact) mass is 308 g/mol. The van der Waals surface area contributed by atoms with Crippen LogP contribution in [0.1, 0.15) is 51.0 Å². The molecule has 0 unspecified atom stereocenters. The summed E-state index contributed by atoms with van der Waals surface area (Å²) in [5, 5.41) is 9.62. The maximum atomic E-state index is 9.62. The molecule has 4 heteroatoms. The molecule has 0 amide bonds. The first-order valence-electron chi connectivity index (χ1n) is 8.32. The molecule has 124 valence electrons. The van der Waals surface area contributed by atoms with Crippen molar-refractivity contribution < 1.29 is 19.3 Å². The van der Waals surface area contributed by atoms with Gasteiger partial charge in [-0.1, -0.05) is 32.3 Å². The summed E-state index contributed by atoms with van der Waals surface area (Å²) in [5.41, 5.74) is 1.16. The maximum Gasteiger partial charge on any atom is 0.160 e. The van der Waals surface area contributed by atoms with Crippen molar-refractivity contribution in [3.05, 3.63) is 23.8 Å². The molecule has 4 nitrogen and oxygen atoms in total. The summed E-state index contributed by atoms with van der Waals surface area (Å²) in [4.78, 5) is 0. The van der Waals surface area contributed by atoms with Crippen LogP contribution in [0.3, 0.4) is 0 Å². The van der Waals surface area contributed by atoms with Crippen molar-refractivity contribution in [2.24, 2.45) is 0 Å². The van der Waals surface area contributed by atoms with Gasteiger partial charge >= 0.3 is 0 Å². The van der Waals surface area contributed by atoms with Crippen molar-refractivity contribution in [1.29, 1.82) is 0 Å². The Bertz CT molecular complexity index is 447. The van der Waals surface area contributed by atoms with E-state index in [-0.39, 0.29) is 11.9 Å². The topological polar surface area (TPSA) is 47.9 Å². The molecule has 1 aromatic rings. The zero-order valence-electron chi connectivity index (χ0n) is 13.7. The Labute approximate surface area is 133 Å². The van der Waals surface area contributed by atoms with Crippen LogP contribution in [0.5, 0.6) is 11.5 Å². The van der Waals surface area contributed by atoms with Crippen molar-refractivity contribution in [3.8, 4) is 11.5 Å². The maximum absolute atomic E-state index is 9.62. The fourth-order valence-electron chi connectivity index (χ4n) is 2.89. The predicted octanol–water partition coefficient (Wildman–Crippen LogP) is 4.05. The first-order valence-corrected chi connectivity index (χ1v) is 8.32. The van der Waals surface area contributed by atoms with Crippen LogP contribution >= 0.6 is 0 Å². The molecule has 2 atom stereocenters. The van der Waals surface area contributed by atoms with Gasteiger partial charge in [0.25, 0.3) is 0 Å². The molecule has 2 rings (SSSR count). The first kappa shape index (κ1) is 17.1. The van der Waals surface area contributed by atoms with Crippen molar-refractivity contribution >= 4 is 0 Å². The number of phenolic OH excluding ortho intramolecular Hbond substituents is 1. The molecule has 1 aliphatic heterocycles. The Morgan fingerprint density at radius 2 is 1.95 bits per heavy atom. The Balaban J connectivity index is 1.78. The Morgan fingerprint density at radius 3 is 2.68 bits per heavy atom. The predicted molar refractivity (Wildman–Crippen MR) is 86.4 cm³/mol. The average Bonchev–Trinajstić information content (AvgIpc) is 2.55. The van der Waals surface area contributed by atoms with Gasteiger partial charge in [-0.05, 0) is 43.4 Å². The molecule has 1 N–H and O–H groups in total. The lowest BCUT2D eigenvalue weighted by atomic mass is 9.99. The first-order chi connectivity index (χ1) is 10.7. The van der Waals surface area contributed by atoms with Gasteiger partial charge in [-0.25, -0.2) is 0 Å². The number of unbranched alkanes of at least 4 members (excludes halogenated alkanes) is 2. The van der Waals surface area contributed by atoms with E-state index in [4.69, 9.17) is 14.2 Å². The van der Waals surface area contributed by atoms with Crippen LogP contribution in [0.4, 0.5) is 0 Å². The van der Waals surface area contributed by atoms with Gasteiger partial charge in [0.1, 0.15) is 6.79 Å². The highest BCUT2D eigenvalue weighted by molar-refractivity contribution is 5.41. The lowest BCUT2D eigenvalue weighted by Gasteiger charge is -2.30. The van der Waals surface area contributed by atoms with Crippen molar-refractivity contribution in [3.63, 3.8) is 0 Å². The largest absolute Gasteiger partial charge is 0.504 e. The minimum atomic E-state index is 0.185. The minimum Gasteiger partial charge on any atom is -0.504 e. The standard InChI is InChI=1S/C18H28O4/c1-3-4-5-6-15-12-16(22-13-21-15)9-7-14-8-10-17(19)18(11-14)20-2/h8,10-11,15-16,19H,3-7,9,12-13H2,1-2H3/t15-,16-/m1/s1. The van der Waals surface area contributed by atoms with Crippen LogP contribution < -0.4 is 4.74 Å². The quantitative estimate of drug-likeness (QED) is 0.736. The average molecular weight is 308 g/mol. The molecule has 1 saturated heterocycles. The van der Waals surface area contributed by atoms with Crippen LogP contribution in [-0.4, -0.2) is 31.2 Å². The smallest absolute Gasteiger partial charge is 0.160 e. The molecule has 1 aromatic carbocycles. The van der Waals surface area contributed by atoms with E-state index < -0.39 is 0 Å². The van der Waals surface area contributed by atoms with Crippen molar-refractivity contribution in [1.82, 2.24) is 0 Å². The number of hydrogen-bond acceptors (Lipinski definition) is 4. The van der Waals surface area contributed by atoms with Gasteiger partial charge in [0.05, 0.1) is 19.3 Å². The number of phenols is 1. The highest BCUT2D eigenvalue weighted by Crippen LogP contribution is 2.28. The molecule has 1 fully saturated rings. The van der Waals surface area contributed by atoms with E-state index >= 15 is 0 Å². The van der Waals surface area contributed by atoms with E-state index in [9.17, 15) is 5.11 Å². The lowest BCUT2D eigenvalue weighted by Crippen LogP contribution is -2.31. The SMILES string of the molecule is CCCCC[C@@H]1C[C@@H](CCc2ccc(O)c(OC)c2)OCO1. The Hall–Kier alpha value is -1.26. The Kier molecular flexibility index (Phi) is 7.00. The number of aromatic hydroxyl groups is 1. The molecule has 1 aliphatic rings. The number of ether oxygens (including phenoxy) is 3. The van der Waals surface area contributed by atoms with Gasteiger partial charge in [-0.3, -0.25) is 0 Å². The van der Waals surface area contributed by atoms with Gasteiger partial charge in [0.15, 0.2) is 11.5 Å². The number of hydrogen-bond donors (Lipinski definition) is 1. The van der Waals surface area contributed by atoms with Gasteiger partial charge in [0.2, 0.25) is 0 Å². The second-order valence-corrected chi connectivity index (χ2v) is 5.97. The fourth-order valence-corrected chi connectivity index (χ4v) is 2.89. The highest BCUT2D eigenvalue weighted by Gasteiger charge is 2.22. The molecule has 1 heterocycles. The molecule has 22 heavy (non-hydrogen) atoms. The third-order valence-electron chi connectivity index (χ3n) is 4.26. The number of benzene rings is 1. The summed E-state index contributed by atoms with van der Waals surface area (Å²) in [6, 6.07) is 5.52. The second kappa shape index (κ2) is 9.01. The summed E-state index contributed by atoms with van der Waals surface area (Å²) in [6.07, 6.45) is 8.39. The van der Waals surface area contributed by atoms with Crippen LogP contribution in [0.15, 0.2) is 18.2 Å². The minimum absolute atomic E-state index is 0.185. The third kappa shape index (κ3) is 5.18. The van der Waals surface area contributed by atoms with Gasteiger partial charge < -0.3 is 19.3 Å². The molecular weight excluding hydrogens is 280 g/mol. The summed E-state index contributed by atoms with van der Waals surface area (Å²) < 4.78 is 16.5. The molecule has 0 spiro atoms. The van der Waals surface area contributed by atoms with Crippen LogP contribution in [0.2, 0.25) is 0 Å². The molecule has 0 radical (unpaired) electrons. The molecule has 0 bridgehead atoms. The summed E-state index contributed by atoms with van der Waals surface area (Å²) >= 11 is 0. The molecule has 0 saturated carbocycles. The molecule has 0 aromatic heterocycles. The van der Waals surface area contributed by atoms with E-state index in [1.165, 1.54) is 19.3 Å². The van der Waals surface area contributed by atoms with E-state index in [0.29, 0.717) is 18.6 Å². The number of aryl methyl sites for hydroxylation is 1. The van der Waals surface area contributed by atoms with Crippen molar-refractivity contribution in [2.45, 2.75) is 64.1 Å². The fraction of sp³-hybridized carbons (Fsp3) is 0.667. The summed E-state index contributed by atoms with van der Waals surface area (Å²) in [7, 11) is 1.57. The van der Waals surface area contributed by atoms with E-state index in [1.54, 1.807) is 13.2 Å². The molecule has 0 aliphatic carbocycles. The summed E-state index contributed by atoms with van der Waals surface area (Å²) in [6.45, 7) is 2.64. The summed E-state index contributed by atoms with van der Waals surface area (Å²) in [5.74, 6) is 0.715. The zero-order chi connectivity index (χ0) is 15.8. The third-order valence-corrected chi connectivity index (χ3v) is 4.26. The lowest BCUT2D eigenvalue weighted by molar-refractivity contribution is -0.178. The second-order valence-electron chi connectivity index (χ2n) is 5.97. The van der Waals surface area contributed by atoms with Gasteiger partial charge in [-0.15, -0.1) is 0 Å². The molecular formula is C18H28O4. The highest BCUT2D eigenvalue weighted by atomic mass is 16.7. The number of rotatable bonds is 8. The van der Waals surface area contributed by atoms with Crippen LogP contribution in [0.25, 0.3) is 0 Å². The van der Waals surface area contributed by atoms with E-state index in [1.807, 2.05) is 12.1 Å². The van der Waals surface area contributed by atoms with Crippen LogP contribution in [-0.2, 0) is 15.9 Å². The zero-order valence-corrected chi connectivity index (χ0v) is 13.7. The van der Waals surface area contributed by atoms with E-state index in [2.05, 4.69) is 6.92 Å². The van der Waals surface area contributed by atoms with Crippen LogP contribution in [0, 0.1) is 0 Å². The number of methoxy groups -OCH3 is 1. The Morgan fingerprint density at radius 1 is 1.18 bits per heavy atom. The van der Waals surface area contributed by atoms with E-state index in [0.717, 1.165) is 31.2 Å². The normalized spacial score (nSPS) is 21.7. The van der Waals surface area contributed by atoms with Gasteiger partial charge in [0, 0.05) is 0 Å². The van der Waals surface area contributed by atoms with Crippen molar-refractivity contribution in [2.75, 3.05) is 13.9 Å². The van der Waals surface area contributed by atoms with Gasteiger partial charge in [-0.2, -0.15) is 0 Å².